The van der Waals surface area contributed by atoms with Gasteiger partial charge in [-0.1, -0.05) is 26.0 Å². The number of aliphatic hydroxyl groups is 1. The molecule has 5 N–H and O–H groups in total. The van der Waals surface area contributed by atoms with Crippen LogP contribution in [0.3, 0.4) is 0 Å². The number of hydrazine groups is 1. The minimum absolute atomic E-state index is 0.0757. The summed E-state index contributed by atoms with van der Waals surface area (Å²) in [5, 5.41) is 24.0. The number of nitro benzene ring substituents is 1. The monoisotopic (exact) mass is 269 g/mol. The molecule has 0 atom stereocenters. The van der Waals surface area contributed by atoms with Gasteiger partial charge in [0.1, 0.15) is 0 Å². The second-order valence-corrected chi connectivity index (χ2v) is 3.15. The van der Waals surface area contributed by atoms with Crippen LogP contribution in [0.2, 0.25) is 0 Å². The predicted molar refractivity (Wildman–Crippen MR) is 73.1 cm³/mol. The van der Waals surface area contributed by atoms with E-state index in [1.165, 1.54) is 18.2 Å². The summed E-state index contributed by atoms with van der Waals surface area (Å²) in [5.41, 5.74) is 5.65. The molecule has 1 rings (SSSR count). The molecule has 0 unspecified atom stereocenters. The zero-order valence-electron chi connectivity index (χ0n) is 11.0. The molecule has 106 valence electrons. The van der Waals surface area contributed by atoms with Gasteiger partial charge in [0.15, 0.2) is 5.84 Å². The van der Waals surface area contributed by atoms with Gasteiger partial charge in [-0.3, -0.25) is 10.1 Å². The van der Waals surface area contributed by atoms with Crippen LogP contribution in [0, 0.1) is 10.1 Å². The van der Waals surface area contributed by atoms with E-state index in [4.69, 9.17) is 16.7 Å². The van der Waals surface area contributed by atoms with Gasteiger partial charge in [-0.25, -0.2) is 11.0 Å². The molecule has 0 saturated carbocycles. The summed E-state index contributed by atoms with van der Waals surface area (Å²) >= 11 is 0. The molecular weight excluding hydrogens is 250 g/mol. The molecule has 1 aromatic carbocycles. The van der Waals surface area contributed by atoms with Crippen molar-refractivity contribution in [3.05, 3.63) is 39.9 Å². The van der Waals surface area contributed by atoms with Gasteiger partial charge in [-0.2, -0.15) is 0 Å². The van der Waals surface area contributed by atoms with Crippen molar-refractivity contribution in [2.45, 2.75) is 13.8 Å². The summed E-state index contributed by atoms with van der Waals surface area (Å²) in [4.78, 5) is 10.2. The molecule has 0 saturated heterocycles. The van der Waals surface area contributed by atoms with Crippen LogP contribution in [-0.4, -0.2) is 34.1 Å². The largest absolute Gasteiger partial charge is 0.394 e. The molecule has 0 aliphatic carbocycles. The highest BCUT2D eigenvalue weighted by Crippen LogP contribution is 2.17. The lowest BCUT2D eigenvalue weighted by Gasteiger charge is -2.11. The zero-order valence-corrected chi connectivity index (χ0v) is 11.0. The molecule has 0 fully saturated rings. The van der Waals surface area contributed by atoms with Crippen LogP contribution >= 0.6 is 0 Å². The number of nitro groups is 1. The Morgan fingerprint density at radius 1 is 1.47 bits per heavy atom. The Morgan fingerprint density at radius 2 is 2.05 bits per heavy atom. The molecule has 0 radical (unpaired) electrons. The molecule has 0 aliphatic heterocycles. The lowest BCUT2D eigenvalue weighted by Crippen LogP contribution is -2.32. The predicted octanol–water partition coefficient (Wildman–Crippen LogP) is 0.409. The first kappa shape index (κ1) is 16.8. The maximum atomic E-state index is 10.7. The van der Waals surface area contributed by atoms with Crippen molar-refractivity contribution in [3.8, 4) is 0 Å². The second kappa shape index (κ2) is 8.84. The quantitative estimate of drug-likeness (QED) is 0.233. The fraction of sp³-hybridized carbons (Fsp3) is 0.364. The third-order valence-corrected chi connectivity index (χ3v) is 1.94. The Bertz CT molecular complexity index is 436. The fourth-order valence-corrected chi connectivity index (χ4v) is 1.19. The molecule has 8 nitrogen and oxygen atoms in total. The van der Waals surface area contributed by atoms with Crippen molar-refractivity contribution >= 4 is 11.5 Å². The van der Waals surface area contributed by atoms with E-state index in [-0.39, 0.29) is 30.2 Å². The third-order valence-electron chi connectivity index (χ3n) is 1.94. The maximum absolute atomic E-state index is 10.7. The number of nitrogens with zero attached hydrogens (tertiary/aromatic N) is 3. The van der Waals surface area contributed by atoms with Crippen LogP contribution in [0.5, 0.6) is 0 Å². The van der Waals surface area contributed by atoms with E-state index in [1.54, 1.807) is 6.07 Å². The smallest absolute Gasteiger partial charge is 0.280 e. The zero-order chi connectivity index (χ0) is 14.8. The molecule has 1 aromatic rings. The van der Waals surface area contributed by atoms with E-state index >= 15 is 0 Å². The van der Waals surface area contributed by atoms with Crippen LogP contribution in [-0.2, 0) is 0 Å². The van der Waals surface area contributed by atoms with Gasteiger partial charge in [0.25, 0.3) is 5.69 Å². The lowest BCUT2D eigenvalue weighted by molar-refractivity contribution is -0.385. The number of para-hydroxylation sites is 1. The van der Waals surface area contributed by atoms with Crippen LogP contribution in [0.15, 0.2) is 29.4 Å². The molecule has 0 aromatic heterocycles. The van der Waals surface area contributed by atoms with Crippen LogP contribution in [0.25, 0.3) is 0 Å². The van der Waals surface area contributed by atoms with Crippen LogP contribution in [0.4, 0.5) is 5.69 Å². The number of rotatable bonds is 5. The van der Waals surface area contributed by atoms with E-state index < -0.39 is 4.92 Å². The Balaban J connectivity index is 0.00000154. The first-order chi connectivity index (χ1) is 9.06. The SMILES string of the molecule is CC.N/C(=N\N(N)CCO)c1ccccc1[N+](=O)[O-]. The number of nitrogens with two attached hydrogens (primary N) is 2. The van der Waals surface area contributed by atoms with Crippen molar-refractivity contribution in [3.63, 3.8) is 0 Å². The molecular formula is C11H19N5O3. The normalized spacial score (nSPS) is 10.4. The summed E-state index contributed by atoms with van der Waals surface area (Å²) in [6.07, 6.45) is 0. The van der Waals surface area contributed by atoms with E-state index in [0.29, 0.717) is 0 Å². The summed E-state index contributed by atoms with van der Waals surface area (Å²) in [6, 6.07) is 5.94. The number of hydrazone groups is 1. The van der Waals surface area contributed by atoms with Crippen molar-refractivity contribution in [1.29, 1.82) is 0 Å². The van der Waals surface area contributed by atoms with E-state index in [0.717, 1.165) is 5.12 Å². The number of aliphatic hydroxyl groups excluding tert-OH is 1. The van der Waals surface area contributed by atoms with Crippen molar-refractivity contribution in [1.82, 2.24) is 5.12 Å². The number of amidine groups is 1. The summed E-state index contributed by atoms with van der Waals surface area (Å²) < 4.78 is 0. The van der Waals surface area contributed by atoms with Crippen LogP contribution in [0.1, 0.15) is 19.4 Å². The van der Waals surface area contributed by atoms with Gasteiger partial charge in [0, 0.05) is 6.07 Å². The molecule has 19 heavy (non-hydrogen) atoms. The first-order valence-electron chi connectivity index (χ1n) is 5.77. The summed E-state index contributed by atoms with van der Waals surface area (Å²) in [5.74, 6) is 5.31. The van der Waals surface area contributed by atoms with Crippen molar-refractivity contribution in [2.75, 3.05) is 13.2 Å². The topological polar surface area (TPSA) is 131 Å². The minimum Gasteiger partial charge on any atom is -0.394 e. The molecule has 8 heteroatoms. The summed E-state index contributed by atoms with van der Waals surface area (Å²) in [6.45, 7) is 3.89. The Kier molecular flexibility index (Phi) is 7.82. The van der Waals surface area contributed by atoms with E-state index in [2.05, 4.69) is 5.10 Å². The van der Waals surface area contributed by atoms with Gasteiger partial charge in [-0.05, 0) is 6.07 Å². The minimum atomic E-state index is -0.551. The molecule has 0 amide bonds. The van der Waals surface area contributed by atoms with Gasteiger partial charge in [0.2, 0.25) is 0 Å². The van der Waals surface area contributed by atoms with Crippen molar-refractivity contribution in [2.24, 2.45) is 16.7 Å². The highest BCUT2D eigenvalue weighted by atomic mass is 16.6. The van der Waals surface area contributed by atoms with E-state index in [1.807, 2.05) is 13.8 Å². The fourth-order valence-electron chi connectivity index (χ4n) is 1.19. The van der Waals surface area contributed by atoms with Gasteiger partial charge >= 0.3 is 0 Å². The highest BCUT2D eigenvalue weighted by molar-refractivity contribution is 6.00. The maximum Gasteiger partial charge on any atom is 0.280 e. The number of benzene rings is 1. The first-order valence-corrected chi connectivity index (χ1v) is 5.77. The van der Waals surface area contributed by atoms with Gasteiger partial charge in [-0.15, -0.1) is 5.10 Å². The molecule has 0 aliphatic rings. The van der Waals surface area contributed by atoms with Crippen molar-refractivity contribution < 1.29 is 10.0 Å². The molecule has 0 bridgehead atoms. The summed E-state index contributed by atoms with van der Waals surface area (Å²) in [7, 11) is 0. The molecule has 0 heterocycles. The number of hydrogen-bond acceptors (Lipinski definition) is 6. The average Bonchev–Trinajstić information content (AvgIpc) is 2.41. The standard InChI is InChI=1S/C9H13N5O3.C2H6/c10-9(12-13(11)5-6-15)7-3-1-2-4-8(7)14(16)17;1-2/h1-4,15H,5-6,11H2,(H2,10,12);1-2H3. The highest BCUT2D eigenvalue weighted by Gasteiger charge is 2.15. The average molecular weight is 269 g/mol. The van der Waals surface area contributed by atoms with Gasteiger partial charge < -0.3 is 10.8 Å². The Hall–Kier alpha value is -2.19. The third kappa shape index (κ3) is 5.32. The van der Waals surface area contributed by atoms with E-state index in [9.17, 15) is 10.1 Å². The number of hydrogen-bond donors (Lipinski definition) is 3. The molecule has 0 spiro atoms. The Morgan fingerprint density at radius 3 is 2.58 bits per heavy atom. The lowest BCUT2D eigenvalue weighted by atomic mass is 10.1. The second-order valence-electron chi connectivity index (χ2n) is 3.15. The van der Waals surface area contributed by atoms with Gasteiger partial charge in [0.05, 0.1) is 23.6 Å². The van der Waals surface area contributed by atoms with Crippen LogP contribution < -0.4 is 11.6 Å². The Labute approximate surface area is 111 Å².